The van der Waals surface area contributed by atoms with Gasteiger partial charge in [-0.25, -0.2) is 0 Å². The van der Waals surface area contributed by atoms with Crippen LogP contribution in [-0.2, 0) is 27.2 Å². The number of aromatic nitrogens is 2. The van der Waals surface area contributed by atoms with Crippen LogP contribution in [0.2, 0.25) is 5.02 Å². The van der Waals surface area contributed by atoms with Gasteiger partial charge >= 0.3 is 5.97 Å². The van der Waals surface area contributed by atoms with Crippen molar-refractivity contribution in [2.45, 2.75) is 57.0 Å². The number of ether oxygens (including phenoxy) is 1. The summed E-state index contributed by atoms with van der Waals surface area (Å²) >= 11 is 6.60. The molecule has 1 aromatic heterocycles. The number of hydrogen-bond acceptors (Lipinski definition) is 6. The SMILES string of the molecule is COC1CN(C(=O)[C@H]2CCc3c(N4CCC(C(=O)O)CC4)nn(C(=O)c4c(Cl)cccc4C4CC4)c3C2)C1. The lowest BCUT2D eigenvalue weighted by Crippen LogP contribution is -2.56. The van der Waals surface area contributed by atoms with Crippen LogP contribution in [0.25, 0.3) is 0 Å². The molecule has 1 N–H and O–H groups in total. The minimum absolute atomic E-state index is 0.0895. The minimum Gasteiger partial charge on any atom is -0.481 e. The molecule has 2 aliphatic heterocycles. The van der Waals surface area contributed by atoms with E-state index in [0.717, 1.165) is 35.5 Å². The summed E-state index contributed by atoms with van der Waals surface area (Å²) in [5, 5.41) is 14.7. The number of carbonyl (C=O) groups is 3. The van der Waals surface area contributed by atoms with E-state index in [9.17, 15) is 19.5 Å². The van der Waals surface area contributed by atoms with Crippen molar-refractivity contribution >= 4 is 35.2 Å². The molecule has 0 unspecified atom stereocenters. The summed E-state index contributed by atoms with van der Waals surface area (Å²) in [6.45, 7) is 2.35. The van der Waals surface area contributed by atoms with Crippen molar-refractivity contribution in [2.75, 3.05) is 38.2 Å². The van der Waals surface area contributed by atoms with Gasteiger partial charge < -0.3 is 19.6 Å². The van der Waals surface area contributed by atoms with Crippen LogP contribution in [0.1, 0.15) is 65.2 Å². The summed E-state index contributed by atoms with van der Waals surface area (Å²) in [4.78, 5) is 42.8. The fourth-order valence-electron chi connectivity index (χ4n) is 6.20. The number of likely N-dealkylation sites (tertiary alicyclic amines) is 1. The molecule has 0 bridgehead atoms. The molecule has 10 heteroatoms. The smallest absolute Gasteiger partial charge is 0.306 e. The molecule has 4 aliphatic rings. The second-order valence-electron chi connectivity index (χ2n) is 11.1. The van der Waals surface area contributed by atoms with Crippen molar-refractivity contribution in [3.63, 3.8) is 0 Å². The van der Waals surface area contributed by atoms with Gasteiger partial charge in [0.15, 0.2) is 5.82 Å². The Morgan fingerprint density at radius 1 is 1.05 bits per heavy atom. The normalized spacial score (nSPS) is 22.2. The predicted molar refractivity (Wildman–Crippen MR) is 141 cm³/mol. The number of carbonyl (C=O) groups excluding carboxylic acids is 2. The first kappa shape index (κ1) is 25.4. The largest absolute Gasteiger partial charge is 0.481 e. The van der Waals surface area contributed by atoms with Crippen LogP contribution in [0.3, 0.4) is 0 Å². The van der Waals surface area contributed by atoms with E-state index in [-0.39, 0.29) is 29.8 Å². The van der Waals surface area contributed by atoms with E-state index in [0.29, 0.717) is 74.8 Å². The molecule has 1 aromatic carbocycles. The number of aliphatic carboxylic acids is 1. The van der Waals surface area contributed by atoms with Gasteiger partial charge in [0.05, 0.1) is 28.3 Å². The Morgan fingerprint density at radius 2 is 1.79 bits per heavy atom. The molecular formula is C28H33ClN4O5. The second-order valence-corrected chi connectivity index (χ2v) is 11.5. The summed E-state index contributed by atoms with van der Waals surface area (Å²) in [7, 11) is 1.66. The van der Waals surface area contributed by atoms with E-state index in [1.165, 1.54) is 4.68 Å². The van der Waals surface area contributed by atoms with Gasteiger partial charge in [-0.1, -0.05) is 23.7 Å². The van der Waals surface area contributed by atoms with Gasteiger partial charge in [-0.2, -0.15) is 4.68 Å². The molecule has 38 heavy (non-hydrogen) atoms. The minimum atomic E-state index is -0.762. The zero-order valence-electron chi connectivity index (χ0n) is 21.6. The molecule has 1 saturated carbocycles. The fraction of sp³-hybridized carbons (Fsp3) is 0.571. The Bertz CT molecular complexity index is 1270. The number of carboxylic acid groups (broad SMARTS) is 1. The molecule has 0 radical (unpaired) electrons. The number of benzene rings is 1. The monoisotopic (exact) mass is 540 g/mol. The predicted octanol–water partition coefficient (Wildman–Crippen LogP) is 3.37. The molecule has 3 heterocycles. The van der Waals surface area contributed by atoms with E-state index < -0.39 is 5.97 Å². The van der Waals surface area contributed by atoms with Crippen molar-refractivity contribution in [3.8, 4) is 0 Å². The molecule has 3 fully saturated rings. The van der Waals surface area contributed by atoms with Gasteiger partial charge in [-0.3, -0.25) is 14.4 Å². The molecular weight excluding hydrogens is 508 g/mol. The maximum Gasteiger partial charge on any atom is 0.306 e. The van der Waals surface area contributed by atoms with Gasteiger partial charge in [-0.15, -0.1) is 5.10 Å². The van der Waals surface area contributed by atoms with E-state index in [2.05, 4.69) is 4.90 Å². The molecule has 202 valence electrons. The van der Waals surface area contributed by atoms with Gasteiger partial charge in [0.1, 0.15) is 0 Å². The van der Waals surface area contributed by atoms with Crippen LogP contribution >= 0.6 is 11.6 Å². The zero-order chi connectivity index (χ0) is 26.6. The number of hydrogen-bond donors (Lipinski definition) is 1. The van der Waals surface area contributed by atoms with Gasteiger partial charge in [0, 0.05) is 51.2 Å². The van der Waals surface area contributed by atoms with Crippen molar-refractivity contribution in [3.05, 3.63) is 45.6 Å². The van der Waals surface area contributed by atoms with Crippen LogP contribution < -0.4 is 4.90 Å². The molecule has 9 nitrogen and oxygen atoms in total. The quantitative estimate of drug-likeness (QED) is 0.599. The van der Waals surface area contributed by atoms with Crippen LogP contribution in [-0.4, -0.2) is 77.0 Å². The third-order valence-corrected chi connectivity index (χ3v) is 9.02. The highest BCUT2D eigenvalue weighted by atomic mass is 35.5. The van der Waals surface area contributed by atoms with Gasteiger partial charge in [-0.05, 0) is 56.1 Å². The van der Waals surface area contributed by atoms with Crippen molar-refractivity contribution in [1.29, 1.82) is 0 Å². The van der Waals surface area contributed by atoms with Crippen LogP contribution in [0.15, 0.2) is 18.2 Å². The highest BCUT2D eigenvalue weighted by Crippen LogP contribution is 2.44. The van der Waals surface area contributed by atoms with Crippen molar-refractivity contribution < 1.29 is 24.2 Å². The Labute approximate surface area is 226 Å². The topological polar surface area (TPSA) is 105 Å². The molecule has 6 rings (SSSR count). The Hall–Kier alpha value is -2.91. The first-order chi connectivity index (χ1) is 18.4. The van der Waals surface area contributed by atoms with Crippen LogP contribution in [0.5, 0.6) is 0 Å². The number of carboxylic acids is 1. The van der Waals surface area contributed by atoms with Crippen molar-refractivity contribution in [1.82, 2.24) is 14.7 Å². The lowest BCUT2D eigenvalue weighted by Gasteiger charge is -2.40. The third kappa shape index (κ3) is 4.49. The van der Waals surface area contributed by atoms with E-state index in [1.54, 1.807) is 13.2 Å². The number of nitrogens with zero attached hydrogens (tertiary/aromatic N) is 4. The zero-order valence-corrected chi connectivity index (χ0v) is 22.3. The average molecular weight is 541 g/mol. The number of amides is 1. The lowest BCUT2D eigenvalue weighted by atomic mass is 9.85. The summed E-state index contributed by atoms with van der Waals surface area (Å²) in [5.74, 6) is -0.412. The lowest BCUT2D eigenvalue weighted by molar-refractivity contribution is -0.147. The maximum absolute atomic E-state index is 14.1. The summed E-state index contributed by atoms with van der Waals surface area (Å²) < 4.78 is 6.84. The number of fused-ring (bicyclic) bond motifs is 1. The van der Waals surface area contributed by atoms with Crippen LogP contribution in [0, 0.1) is 11.8 Å². The molecule has 2 aliphatic carbocycles. The highest BCUT2D eigenvalue weighted by Gasteiger charge is 2.40. The van der Waals surface area contributed by atoms with E-state index in [1.807, 2.05) is 17.0 Å². The Kier molecular flexibility index (Phi) is 6.68. The summed E-state index contributed by atoms with van der Waals surface area (Å²) in [5.41, 5.74) is 3.23. The third-order valence-electron chi connectivity index (χ3n) is 8.71. The maximum atomic E-state index is 14.1. The summed E-state index contributed by atoms with van der Waals surface area (Å²) in [6.07, 6.45) is 5.02. The Balaban J connectivity index is 1.34. The molecule has 0 spiro atoms. The average Bonchev–Trinajstić information content (AvgIpc) is 3.67. The first-order valence-electron chi connectivity index (χ1n) is 13.6. The number of rotatable bonds is 6. The fourth-order valence-corrected chi connectivity index (χ4v) is 6.46. The number of halogens is 1. The summed E-state index contributed by atoms with van der Waals surface area (Å²) in [6, 6.07) is 5.61. The van der Waals surface area contributed by atoms with E-state index in [4.69, 9.17) is 21.4 Å². The molecule has 1 amide bonds. The van der Waals surface area contributed by atoms with Gasteiger partial charge in [0.2, 0.25) is 5.91 Å². The second kappa shape index (κ2) is 10.0. The van der Waals surface area contributed by atoms with Gasteiger partial charge in [0.25, 0.3) is 5.91 Å². The van der Waals surface area contributed by atoms with Crippen LogP contribution in [0.4, 0.5) is 5.82 Å². The molecule has 2 aromatic rings. The highest BCUT2D eigenvalue weighted by molar-refractivity contribution is 6.34. The molecule has 1 atom stereocenters. The number of methoxy groups -OCH3 is 1. The number of anilines is 1. The first-order valence-corrected chi connectivity index (χ1v) is 14.0. The van der Waals surface area contributed by atoms with Crippen molar-refractivity contribution in [2.24, 2.45) is 11.8 Å². The molecule has 2 saturated heterocycles. The standard InChI is InChI=1S/C28H33ClN4O5/c1-38-19-14-32(15-19)26(34)18-7-8-21-23(13-18)33(30-25(21)31-11-9-17(10-12-31)28(36)37)27(35)24-20(16-5-6-16)3-2-4-22(24)29/h2-4,16-19H,5-15H2,1H3,(H,36,37)/t18-/m0/s1. The Morgan fingerprint density at radius 3 is 2.45 bits per heavy atom. The van der Waals surface area contributed by atoms with E-state index >= 15 is 0 Å². The number of piperidine rings is 1.